The van der Waals surface area contributed by atoms with Gasteiger partial charge >= 0.3 is 0 Å². The molecule has 0 amide bonds. The number of benzene rings is 1. The van der Waals surface area contributed by atoms with Crippen LogP contribution < -0.4 is 15.8 Å². The molecule has 4 N–H and O–H groups in total. The van der Waals surface area contributed by atoms with Crippen LogP contribution in [0.25, 0.3) is 0 Å². The minimum atomic E-state index is -3.62. The van der Waals surface area contributed by atoms with E-state index in [4.69, 9.17) is 5.14 Å². The molecule has 0 spiro atoms. The molecule has 0 aliphatic carbocycles. The lowest BCUT2D eigenvalue weighted by molar-refractivity contribution is 0.598. The van der Waals surface area contributed by atoms with Crippen molar-refractivity contribution in [2.75, 3.05) is 19.6 Å². The first-order valence-electron chi connectivity index (χ1n) is 8.11. The molecule has 0 saturated carbocycles. The third kappa shape index (κ3) is 7.99. The van der Waals surface area contributed by atoms with E-state index in [1.165, 1.54) is 25.0 Å². The molecule has 0 saturated heterocycles. The molecule has 0 fully saturated rings. The monoisotopic (exact) mass is 340 g/mol. The van der Waals surface area contributed by atoms with Gasteiger partial charge in [0.2, 0.25) is 10.0 Å². The highest BCUT2D eigenvalue weighted by Crippen LogP contribution is 2.08. The second-order valence-electron chi connectivity index (χ2n) is 5.33. The molecule has 0 bridgehead atoms. The van der Waals surface area contributed by atoms with Gasteiger partial charge in [-0.15, -0.1) is 0 Å². The number of rotatable bonds is 9. The van der Waals surface area contributed by atoms with Crippen LogP contribution in [0.2, 0.25) is 0 Å². The van der Waals surface area contributed by atoms with Gasteiger partial charge in [-0.05, 0) is 37.5 Å². The Balaban J connectivity index is 2.46. The molecule has 0 atom stereocenters. The van der Waals surface area contributed by atoms with E-state index >= 15 is 0 Å². The third-order valence-corrected chi connectivity index (χ3v) is 4.26. The van der Waals surface area contributed by atoms with Gasteiger partial charge in [0.15, 0.2) is 5.96 Å². The van der Waals surface area contributed by atoms with Gasteiger partial charge in [0.25, 0.3) is 0 Å². The largest absolute Gasteiger partial charge is 0.357 e. The molecule has 0 unspecified atom stereocenters. The van der Waals surface area contributed by atoms with Gasteiger partial charge < -0.3 is 10.6 Å². The maximum Gasteiger partial charge on any atom is 0.238 e. The van der Waals surface area contributed by atoms with Crippen molar-refractivity contribution < 1.29 is 8.42 Å². The molecule has 7 heteroatoms. The summed E-state index contributed by atoms with van der Waals surface area (Å²) in [5.74, 6) is 0.824. The van der Waals surface area contributed by atoms with Crippen LogP contribution >= 0.6 is 0 Å². The maximum absolute atomic E-state index is 11.2. The summed E-state index contributed by atoms with van der Waals surface area (Å²) >= 11 is 0. The standard InChI is InChI=1S/C16H28N4O2S/c1-3-5-6-12-19-16(18-4-2)20-13-11-14-7-9-15(10-8-14)23(17,21)22/h7-10H,3-6,11-13H2,1-2H3,(H2,17,21,22)(H2,18,19,20). The average Bonchev–Trinajstić information content (AvgIpc) is 2.51. The second kappa shape index (κ2) is 10.2. The second-order valence-corrected chi connectivity index (χ2v) is 6.89. The van der Waals surface area contributed by atoms with E-state index < -0.39 is 10.0 Å². The first-order chi connectivity index (χ1) is 11.0. The lowest BCUT2D eigenvalue weighted by atomic mass is 10.1. The quantitative estimate of drug-likeness (QED) is 0.361. The zero-order valence-electron chi connectivity index (χ0n) is 14.0. The van der Waals surface area contributed by atoms with Crippen molar-refractivity contribution in [2.45, 2.75) is 44.4 Å². The normalized spacial score (nSPS) is 12.2. The van der Waals surface area contributed by atoms with Gasteiger partial charge in [-0.1, -0.05) is 31.9 Å². The van der Waals surface area contributed by atoms with Crippen molar-refractivity contribution in [1.29, 1.82) is 0 Å². The van der Waals surface area contributed by atoms with Crippen LogP contribution in [0.15, 0.2) is 34.2 Å². The van der Waals surface area contributed by atoms with E-state index in [9.17, 15) is 8.42 Å². The Morgan fingerprint density at radius 2 is 1.83 bits per heavy atom. The molecule has 130 valence electrons. The summed E-state index contributed by atoms with van der Waals surface area (Å²) in [4.78, 5) is 4.67. The highest BCUT2D eigenvalue weighted by molar-refractivity contribution is 7.89. The molecule has 0 aromatic heterocycles. The molecule has 0 radical (unpaired) electrons. The van der Waals surface area contributed by atoms with E-state index in [2.05, 4.69) is 22.5 Å². The predicted molar refractivity (Wildman–Crippen MR) is 95.0 cm³/mol. The summed E-state index contributed by atoms with van der Waals surface area (Å²) in [5.41, 5.74) is 1.05. The maximum atomic E-state index is 11.2. The van der Waals surface area contributed by atoms with E-state index in [1.807, 2.05) is 6.92 Å². The van der Waals surface area contributed by atoms with Crippen molar-refractivity contribution in [1.82, 2.24) is 10.6 Å². The first-order valence-corrected chi connectivity index (χ1v) is 9.66. The summed E-state index contributed by atoms with van der Waals surface area (Å²) in [6.07, 6.45) is 4.26. The van der Waals surface area contributed by atoms with Gasteiger partial charge in [-0.2, -0.15) is 0 Å². The highest BCUT2D eigenvalue weighted by Gasteiger charge is 2.06. The number of primary sulfonamides is 1. The lowest BCUT2D eigenvalue weighted by Gasteiger charge is -2.11. The fourth-order valence-corrected chi connectivity index (χ4v) is 2.58. The summed E-state index contributed by atoms with van der Waals surface area (Å²) < 4.78 is 22.4. The van der Waals surface area contributed by atoms with Crippen molar-refractivity contribution in [2.24, 2.45) is 10.1 Å². The van der Waals surface area contributed by atoms with Gasteiger partial charge in [0, 0.05) is 19.6 Å². The number of aliphatic imine (C=N–C) groups is 1. The zero-order valence-corrected chi connectivity index (χ0v) is 14.8. The summed E-state index contributed by atoms with van der Waals surface area (Å²) in [6, 6.07) is 6.64. The Kier molecular flexibility index (Phi) is 8.65. The number of nitrogens with zero attached hydrogens (tertiary/aromatic N) is 1. The minimum absolute atomic E-state index is 0.139. The molecule has 1 aromatic rings. The van der Waals surface area contributed by atoms with Crippen LogP contribution in [0.4, 0.5) is 0 Å². The first kappa shape index (κ1) is 19.4. The minimum Gasteiger partial charge on any atom is -0.357 e. The van der Waals surface area contributed by atoms with Crippen molar-refractivity contribution in [3.8, 4) is 0 Å². The Morgan fingerprint density at radius 3 is 2.39 bits per heavy atom. The molecule has 0 aliphatic heterocycles. The fraction of sp³-hybridized carbons (Fsp3) is 0.562. The van der Waals surface area contributed by atoms with Crippen LogP contribution in [0.1, 0.15) is 38.7 Å². The molecule has 1 aromatic carbocycles. The van der Waals surface area contributed by atoms with E-state index in [0.717, 1.165) is 44.0 Å². The highest BCUT2D eigenvalue weighted by atomic mass is 32.2. The van der Waals surface area contributed by atoms with E-state index in [1.54, 1.807) is 12.1 Å². The molecule has 6 nitrogen and oxygen atoms in total. The van der Waals surface area contributed by atoms with Crippen LogP contribution in [0, 0.1) is 0 Å². The third-order valence-electron chi connectivity index (χ3n) is 3.33. The van der Waals surface area contributed by atoms with Crippen LogP contribution in [0.3, 0.4) is 0 Å². The molecule has 0 heterocycles. The van der Waals surface area contributed by atoms with Crippen molar-refractivity contribution in [3.05, 3.63) is 29.8 Å². The molecular weight excluding hydrogens is 312 g/mol. The summed E-state index contributed by atoms with van der Waals surface area (Å²) in [6.45, 7) is 6.59. The van der Waals surface area contributed by atoms with E-state index in [-0.39, 0.29) is 4.90 Å². The van der Waals surface area contributed by atoms with Gasteiger partial charge in [-0.3, -0.25) is 4.99 Å². The van der Waals surface area contributed by atoms with Gasteiger partial charge in [0.05, 0.1) is 4.90 Å². The zero-order chi connectivity index (χ0) is 17.1. The number of guanidine groups is 1. The number of sulfonamides is 1. The number of hydrogen-bond acceptors (Lipinski definition) is 3. The average molecular weight is 340 g/mol. The van der Waals surface area contributed by atoms with Gasteiger partial charge in [0.1, 0.15) is 0 Å². The molecule has 0 aliphatic rings. The Morgan fingerprint density at radius 1 is 1.13 bits per heavy atom. The summed E-state index contributed by atoms with van der Waals surface area (Å²) in [5, 5.41) is 11.6. The van der Waals surface area contributed by atoms with E-state index in [0.29, 0.717) is 0 Å². The Bertz CT molecular complexity index is 583. The number of nitrogens with one attached hydrogen (secondary N) is 2. The lowest BCUT2D eigenvalue weighted by Crippen LogP contribution is -2.38. The Hall–Kier alpha value is -1.60. The SMILES string of the molecule is CCCCCN=C(NCC)NCCc1ccc(S(N)(=O)=O)cc1. The molecular formula is C16H28N4O2S. The van der Waals surface area contributed by atoms with Gasteiger partial charge in [-0.25, -0.2) is 13.6 Å². The summed E-state index contributed by atoms with van der Waals surface area (Å²) in [7, 11) is -3.62. The number of unbranched alkanes of at least 4 members (excludes halogenated alkanes) is 2. The fourth-order valence-electron chi connectivity index (χ4n) is 2.07. The predicted octanol–water partition coefficient (Wildman–Crippen LogP) is 1.62. The van der Waals surface area contributed by atoms with Crippen LogP contribution in [0.5, 0.6) is 0 Å². The van der Waals surface area contributed by atoms with Crippen molar-refractivity contribution in [3.63, 3.8) is 0 Å². The topological polar surface area (TPSA) is 96.6 Å². The molecule has 23 heavy (non-hydrogen) atoms. The molecule has 1 rings (SSSR count). The van der Waals surface area contributed by atoms with Crippen LogP contribution in [-0.2, 0) is 16.4 Å². The number of hydrogen-bond donors (Lipinski definition) is 3. The smallest absolute Gasteiger partial charge is 0.238 e. The Labute approximate surface area is 139 Å². The number of nitrogens with two attached hydrogens (primary N) is 1. The van der Waals surface area contributed by atoms with Crippen molar-refractivity contribution >= 4 is 16.0 Å². The van der Waals surface area contributed by atoms with Crippen LogP contribution in [-0.4, -0.2) is 34.0 Å².